The van der Waals surface area contributed by atoms with Crippen LogP contribution in [-0.4, -0.2) is 39.3 Å². The van der Waals surface area contributed by atoms with Crippen molar-refractivity contribution in [1.29, 1.82) is 0 Å². The Morgan fingerprint density at radius 1 is 1.12 bits per heavy atom. The smallest absolute Gasteiger partial charge is 0.305 e. The second-order valence-corrected chi connectivity index (χ2v) is 8.46. The lowest BCUT2D eigenvalue weighted by molar-refractivity contribution is -0.140. The molecule has 168 valence electrons. The van der Waals surface area contributed by atoms with E-state index in [2.05, 4.69) is 71.7 Å². The Morgan fingerprint density at radius 2 is 1.94 bits per heavy atom. The highest BCUT2D eigenvalue weighted by Crippen LogP contribution is 2.30. The van der Waals surface area contributed by atoms with Crippen molar-refractivity contribution in [2.75, 3.05) is 32.2 Å². The highest BCUT2D eigenvalue weighted by molar-refractivity contribution is 5.86. The molecule has 0 bridgehead atoms. The standard InChI is InChI=1S/C27H32N2O3/c1-19(24-10-6-8-20-7-4-5-9-25(20)24)28-22-15-16-29(18-22)23-12-13-26(31-2)21(17-23)11-14-27(30)32-3/h4-10,12-13,17,19,22,28H,11,14-16,18H2,1-3H3/t19-,22+/m1/s1. The Balaban J connectivity index is 1.43. The fraction of sp³-hybridized carbons (Fsp3) is 0.370. The van der Waals surface area contributed by atoms with Gasteiger partial charge in [-0.15, -0.1) is 0 Å². The Bertz CT molecular complexity index is 1080. The summed E-state index contributed by atoms with van der Waals surface area (Å²) in [6.45, 7) is 4.21. The Kier molecular flexibility index (Phi) is 6.96. The molecule has 0 aliphatic carbocycles. The number of nitrogens with one attached hydrogen (secondary N) is 1. The zero-order valence-corrected chi connectivity index (χ0v) is 19.1. The average Bonchev–Trinajstić information content (AvgIpc) is 3.30. The van der Waals surface area contributed by atoms with Gasteiger partial charge < -0.3 is 19.7 Å². The molecule has 1 aliphatic heterocycles. The van der Waals surface area contributed by atoms with Crippen molar-refractivity contribution < 1.29 is 14.3 Å². The number of ether oxygens (including phenoxy) is 2. The molecule has 0 amide bonds. The van der Waals surface area contributed by atoms with E-state index in [9.17, 15) is 4.79 Å². The van der Waals surface area contributed by atoms with Crippen LogP contribution in [0.3, 0.4) is 0 Å². The third kappa shape index (κ3) is 4.89. The van der Waals surface area contributed by atoms with Crippen LogP contribution in [0.2, 0.25) is 0 Å². The monoisotopic (exact) mass is 432 g/mol. The van der Waals surface area contributed by atoms with Crippen molar-refractivity contribution in [3.63, 3.8) is 0 Å². The van der Waals surface area contributed by atoms with Crippen LogP contribution in [0.25, 0.3) is 10.8 Å². The number of fused-ring (bicyclic) bond motifs is 1. The lowest BCUT2D eigenvalue weighted by atomic mass is 9.99. The van der Waals surface area contributed by atoms with E-state index >= 15 is 0 Å². The minimum Gasteiger partial charge on any atom is -0.496 e. The zero-order valence-electron chi connectivity index (χ0n) is 19.1. The van der Waals surface area contributed by atoms with E-state index in [4.69, 9.17) is 9.47 Å². The van der Waals surface area contributed by atoms with E-state index in [0.29, 0.717) is 18.9 Å². The predicted octanol–water partition coefficient (Wildman–Crippen LogP) is 4.88. The molecule has 0 saturated carbocycles. The van der Waals surface area contributed by atoms with Gasteiger partial charge in [0.05, 0.1) is 14.2 Å². The maximum atomic E-state index is 11.6. The highest BCUT2D eigenvalue weighted by atomic mass is 16.5. The molecule has 1 heterocycles. The van der Waals surface area contributed by atoms with Crippen molar-refractivity contribution in [2.24, 2.45) is 0 Å². The van der Waals surface area contributed by atoms with Crippen LogP contribution >= 0.6 is 0 Å². The first-order valence-electron chi connectivity index (χ1n) is 11.3. The maximum absolute atomic E-state index is 11.6. The minimum atomic E-state index is -0.203. The molecule has 32 heavy (non-hydrogen) atoms. The molecule has 5 nitrogen and oxygen atoms in total. The molecular formula is C27H32N2O3. The third-order valence-electron chi connectivity index (χ3n) is 6.42. The second-order valence-electron chi connectivity index (χ2n) is 8.46. The van der Waals surface area contributed by atoms with Crippen molar-refractivity contribution in [3.05, 3.63) is 71.8 Å². The van der Waals surface area contributed by atoms with Crippen molar-refractivity contribution in [3.8, 4) is 5.75 Å². The van der Waals surface area contributed by atoms with E-state index in [1.54, 1.807) is 7.11 Å². The molecule has 5 heteroatoms. The van der Waals surface area contributed by atoms with E-state index in [-0.39, 0.29) is 12.0 Å². The van der Waals surface area contributed by atoms with Crippen molar-refractivity contribution in [1.82, 2.24) is 5.32 Å². The number of methoxy groups -OCH3 is 2. The number of esters is 1. The predicted molar refractivity (Wildman–Crippen MR) is 129 cm³/mol. The van der Waals surface area contributed by atoms with Crippen LogP contribution in [0, 0.1) is 0 Å². The summed E-state index contributed by atoms with van der Waals surface area (Å²) in [5, 5.41) is 6.44. The summed E-state index contributed by atoms with van der Waals surface area (Å²) in [6.07, 6.45) is 2.05. The van der Waals surface area contributed by atoms with Gasteiger partial charge in [-0.25, -0.2) is 0 Å². The third-order valence-corrected chi connectivity index (χ3v) is 6.42. The normalized spacial score (nSPS) is 16.8. The van der Waals surface area contributed by atoms with Crippen LogP contribution in [0.5, 0.6) is 5.75 Å². The summed E-state index contributed by atoms with van der Waals surface area (Å²) >= 11 is 0. The molecule has 2 atom stereocenters. The zero-order chi connectivity index (χ0) is 22.5. The quantitative estimate of drug-likeness (QED) is 0.514. The lowest BCUT2D eigenvalue weighted by Crippen LogP contribution is -2.34. The first-order valence-corrected chi connectivity index (χ1v) is 11.3. The van der Waals surface area contributed by atoms with E-state index < -0.39 is 0 Å². The van der Waals surface area contributed by atoms with Gasteiger partial charge in [-0.2, -0.15) is 0 Å². The summed E-state index contributed by atoms with van der Waals surface area (Å²) in [5.74, 6) is 0.612. The number of rotatable bonds is 8. The SMILES string of the molecule is COC(=O)CCc1cc(N2CC[C@H](N[C@H](C)c3cccc4ccccc34)C2)ccc1OC. The minimum absolute atomic E-state index is 0.203. The Labute approximate surface area is 190 Å². The molecule has 0 aromatic heterocycles. The maximum Gasteiger partial charge on any atom is 0.305 e. The van der Waals surface area contributed by atoms with Gasteiger partial charge in [0.2, 0.25) is 0 Å². The van der Waals surface area contributed by atoms with Crippen LogP contribution in [0.4, 0.5) is 5.69 Å². The van der Waals surface area contributed by atoms with Gasteiger partial charge in [-0.05, 0) is 59.9 Å². The number of carbonyl (C=O) groups excluding carboxylic acids is 1. The summed E-state index contributed by atoms with van der Waals surface area (Å²) in [6, 6.07) is 22.1. The fourth-order valence-corrected chi connectivity index (χ4v) is 4.70. The topological polar surface area (TPSA) is 50.8 Å². The molecule has 1 saturated heterocycles. The Morgan fingerprint density at radius 3 is 2.75 bits per heavy atom. The molecule has 0 spiro atoms. The van der Waals surface area contributed by atoms with Crippen LogP contribution in [0.1, 0.15) is 36.9 Å². The summed E-state index contributed by atoms with van der Waals surface area (Å²) in [7, 11) is 3.09. The highest BCUT2D eigenvalue weighted by Gasteiger charge is 2.25. The molecular weight excluding hydrogens is 400 g/mol. The van der Waals surface area contributed by atoms with Gasteiger partial charge in [0, 0.05) is 37.3 Å². The molecule has 1 aliphatic rings. The molecule has 1 fully saturated rings. The van der Waals surface area contributed by atoms with Crippen LogP contribution in [-0.2, 0) is 16.0 Å². The summed E-state index contributed by atoms with van der Waals surface area (Å²) < 4.78 is 10.3. The van der Waals surface area contributed by atoms with Crippen molar-refractivity contribution in [2.45, 2.75) is 38.3 Å². The number of nitrogens with zero attached hydrogens (tertiary/aromatic N) is 1. The fourth-order valence-electron chi connectivity index (χ4n) is 4.70. The first-order chi connectivity index (χ1) is 15.6. The van der Waals surface area contributed by atoms with E-state index in [1.165, 1.54) is 29.1 Å². The molecule has 3 aromatic rings. The molecule has 0 radical (unpaired) electrons. The number of benzene rings is 3. The van der Waals surface area contributed by atoms with Gasteiger partial charge >= 0.3 is 5.97 Å². The van der Waals surface area contributed by atoms with Crippen LogP contribution in [0.15, 0.2) is 60.7 Å². The van der Waals surface area contributed by atoms with Gasteiger partial charge in [0.25, 0.3) is 0 Å². The van der Waals surface area contributed by atoms with Crippen molar-refractivity contribution >= 4 is 22.4 Å². The van der Waals surface area contributed by atoms with Gasteiger partial charge in [-0.3, -0.25) is 4.79 Å². The summed E-state index contributed by atoms with van der Waals surface area (Å²) in [4.78, 5) is 14.0. The lowest BCUT2D eigenvalue weighted by Gasteiger charge is -2.23. The first kappa shape index (κ1) is 22.2. The van der Waals surface area contributed by atoms with E-state index in [1.807, 2.05) is 6.07 Å². The number of aryl methyl sites for hydroxylation is 1. The largest absolute Gasteiger partial charge is 0.496 e. The van der Waals surface area contributed by atoms with Gasteiger partial charge in [0.1, 0.15) is 5.75 Å². The number of hydrogen-bond donors (Lipinski definition) is 1. The Hall–Kier alpha value is -3.05. The number of anilines is 1. The molecule has 3 aromatic carbocycles. The average molecular weight is 433 g/mol. The number of hydrogen-bond acceptors (Lipinski definition) is 5. The van der Waals surface area contributed by atoms with Gasteiger partial charge in [-0.1, -0.05) is 42.5 Å². The second kappa shape index (κ2) is 10.0. The molecule has 0 unspecified atom stereocenters. The summed E-state index contributed by atoms with van der Waals surface area (Å²) in [5.41, 5.74) is 3.56. The number of carbonyl (C=O) groups is 1. The molecule has 1 N–H and O–H groups in total. The van der Waals surface area contributed by atoms with E-state index in [0.717, 1.165) is 30.8 Å². The molecule has 4 rings (SSSR count). The van der Waals surface area contributed by atoms with Crippen LogP contribution < -0.4 is 15.0 Å². The van der Waals surface area contributed by atoms with Gasteiger partial charge in [0.15, 0.2) is 0 Å².